The standard InChI is InChI=1S/C23H41N5O2/c1-3-24-23(25-18-20-9-13-27(14-10-20)15-17-29-2)26-19-21(22-8-7-16-30-22)28-11-5-4-6-12-28/h7-8,16,20-21H,3-6,9-15,17-19H2,1-2H3,(H2,24,25,26). The van der Waals surface area contributed by atoms with Gasteiger partial charge in [0.15, 0.2) is 5.96 Å². The van der Waals surface area contributed by atoms with E-state index in [-0.39, 0.29) is 6.04 Å². The van der Waals surface area contributed by atoms with Crippen LogP contribution in [0.25, 0.3) is 0 Å². The van der Waals surface area contributed by atoms with Crippen LogP contribution in [0.2, 0.25) is 0 Å². The van der Waals surface area contributed by atoms with Gasteiger partial charge in [0.25, 0.3) is 0 Å². The van der Waals surface area contributed by atoms with Gasteiger partial charge >= 0.3 is 0 Å². The lowest BCUT2D eigenvalue weighted by Gasteiger charge is -2.33. The zero-order valence-electron chi connectivity index (χ0n) is 18.9. The van der Waals surface area contributed by atoms with Crippen molar-refractivity contribution in [3.05, 3.63) is 24.2 Å². The molecule has 0 bridgehead atoms. The third-order valence-electron chi connectivity index (χ3n) is 6.35. The van der Waals surface area contributed by atoms with Gasteiger partial charge in [-0.05, 0) is 76.8 Å². The molecule has 0 radical (unpaired) electrons. The maximum Gasteiger partial charge on any atom is 0.191 e. The molecule has 0 saturated carbocycles. The van der Waals surface area contributed by atoms with E-state index in [4.69, 9.17) is 14.1 Å². The second-order valence-electron chi connectivity index (χ2n) is 8.51. The molecule has 2 fully saturated rings. The second-order valence-corrected chi connectivity index (χ2v) is 8.51. The molecule has 1 unspecified atom stereocenters. The number of hydrogen-bond donors (Lipinski definition) is 2. The van der Waals surface area contributed by atoms with Crippen LogP contribution in [0.1, 0.15) is 50.8 Å². The van der Waals surface area contributed by atoms with Crippen LogP contribution in [0.15, 0.2) is 27.8 Å². The SMILES string of the molecule is CCNC(=NCC(c1ccco1)N1CCCCC1)NCC1CCN(CCOC)CC1. The molecule has 0 aliphatic carbocycles. The Kier molecular flexibility index (Phi) is 9.99. The van der Waals surface area contributed by atoms with Crippen LogP contribution in [0.4, 0.5) is 0 Å². The van der Waals surface area contributed by atoms with Crippen molar-refractivity contribution >= 4 is 5.96 Å². The molecular formula is C23H41N5O2. The summed E-state index contributed by atoms with van der Waals surface area (Å²) >= 11 is 0. The summed E-state index contributed by atoms with van der Waals surface area (Å²) in [6.45, 7) is 11.2. The van der Waals surface area contributed by atoms with Crippen molar-refractivity contribution in [1.29, 1.82) is 0 Å². The minimum Gasteiger partial charge on any atom is -0.468 e. The Balaban J connectivity index is 1.51. The molecule has 2 saturated heterocycles. The summed E-state index contributed by atoms with van der Waals surface area (Å²) < 4.78 is 11.0. The van der Waals surface area contributed by atoms with E-state index in [1.54, 1.807) is 13.4 Å². The zero-order chi connectivity index (χ0) is 21.0. The smallest absolute Gasteiger partial charge is 0.191 e. The van der Waals surface area contributed by atoms with Gasteiger partial charge in [-0.3, -0.25) is 9.89 Å². The number of methoxy groups -OCH3 is 1. The molecule has 1 aromatic heterocycles. The van der Waals surface area contributed by atoms with Crippen molar-refractivity contribution in [1.82, 2.24) is 20.4 Å². The van der Waals surface area contributed by atoms with E-state index in [0.29, 0.717) is 5.92 Å². The second kappa shape index (κ2) is 13.0. The average Bonchev–Trinajstić information content (AvgIpc) is 3.32. The fourth-order valence-electron chi connectivity index (χ4n) is 4.49. The van der Waals surface area contributed by atoms with E-state index in [2.05, 4.69) is 33.4 Å². The average molecular weight is 420 g/mol. The molecule has 2 N–H and O–H groups in total. The number of piperidine rings is 2. The number of likely N-dealkylation sites (tertiary alicyclic amines) is 2. The van der Waals surface area contributed by atoms with Crippen LogP contribution in [0.5, 0.6) is 0 Å². The van der Waals surface area contributed by atoms with E-state index >= 15 is 0 Å². The van der Waals surface area contributed by atoms with Crippen LogP contribution < -0.4 is 10.6 Å². The molecule has 0 spiro atoms. The van der Waals surface area contributed by atoms with Crippen LogP contribution in [-0.4, -0.2) is 81.8 Å². The van der Waals surface area contributed by atoms with Crippen molar-refractivity contribution in [3.63, 3.8) is 0 Å². The largest absolute Gasteiger partial charge is 0.468 e. The highest BCUT2D eigenvalue weighted by Gasteiger charge is 2.24. The van der Waals surface area contributed by atoms with E-state index in [1.807, 2.05) is 6.07 Å². The molecule has 1 atom stereocenters. The monoisotopic (exact) mass is 419 g/mol. The lowest BCUT2D eigenvalue weighted by molar-refractivity contribution is 0.121. The van der Waals surface area contributed by atoms with Gasteiger partial charge in [-0.1, -0.05) is 6.42 Å². The van der Waals surface area contributed by atoms with Crippen molar-refractivity contribution in [3.8, 4) is 0 Å². The molecule has 0 aromatic carbocycles. The van der Waals surface area contributed by atoms with Gasteiger partial charge in [-0.25, -0.2) is 0 Å². The topological polar surface area (TPSA) is 65.3 Å². The number of hydrogen-bond acceptors (Lipinski definition) is 5. The molecule has 1 aromatic rings. The van der Waals surface area contributed by atoms with Crippen LogP contribution in [0, 0.1) is 5.92 Å². The normalized spacial score (nSPS) is 20.9. The van der Waals surface area contributed by atoms with Crippen LogP contribution >= 0.6 is 0 Å². The van der Waals surface area contributed by atoms with Gasteiger partial charge < -0.3 is 24.7 Å². The Morgan fingerprint density at radius 1 is 1.20 bits per heavy atom. The summed E-state index contributed by atoms with van der Waals surface area (Å²) in [7, 11) is 1.78. The van der Waals surface area contributed by atoms with Crippen molar-refractivity contribution in [2.24, 2.45) is 10.9 Å². The Hall–Kier alpha value is -1.57. The van der Waals surface area contributed by atoms with E-state index in [9.17, 15) is 0 Å². The Bertz CT molecular complexity index is 593. The predicted molar refractivity (Wildman–Crippen MR) is 122 cm³/mol. The molecule has 7 heteroatoms. The maximum atomic E-state index is 5.77. The van der Waals surface area contributed by atoms with E-state index in [0.717, 1.165) is 57.6 Å². The van der Waals surface area contributed by atoms with Gasteiger partial charge in [-0.2, -0.15) is 0 Å². The molecule has 0 amide bonds. The molecule has 30 heavy (non-hydrogen) atoms. The van der Waals surface area contributed by atoms with Crippen molar-refractivity contribution in [2.75, 3.05) is 66.1 Å². The van der Waals surface area contributed by atoms with Crippen molar-refractivity contribution in [2.45, 2.75) is 45.1 Å². The number of ether oxygens (including phenoxy) is 1. The Morgan fingerprint density at radius 2 is 2.00 bits per heavy atom. The molecule has 2 aliphatic rings. The lowest BCUT2D eigenvalue weighted by atomic mass is 9.97. The van der Waals surface area contributed by atoms with Gasteiger partial charge in [0.2, 0.25) is 0 Å². The molecule has 2 aliphatic heterocycles. The first-order valence-corrected chi connectivity index (χ1v) is 11.8. The number of furan rings is 1. The molecular weight excluding hydrogens is 378 g/mol. The lowest BCUT2D eigenvalue weighted by Crippen LogP contribution is -2.44. The molecule has 7 nitrogen and oxygen atoms in total. The minimum atomic E-state index is 0.222. The highest BCUT2D eigenvalue weighted by atomic mass is 16.5. The number of aliphatic imine (C=N–C) groups is 1. The summed E-state index contributed by atoms with van der Waals surface area (Å²) in [4.78, 5) is 9.99. The predicted octanol–water partition coefficient (Wildman–Crippen LogP) is 2.72. The Morgan fingerprint density at radius 3 is 2.67 bits per heavy atom. The van der Waals surface area contributed by atoms with Gasteiger partial charge in [0, 0.05) is 26.7 Å². The summed E-state index contributed by atoms with van der Waals surface area (Å²) in [5.74, 6) is 2.66. The first-order chi connectivity index (χ1) is 14.8. The Labute approximate surface area is 182 Å². The van der Waals surface area contributed by atoms with Gasteiger partial charge in [0.05, 0.1) is 25.5 Å². The summed E-state index contributed by atoms with van der Waals surface area (Å²) in [6.07, 6.45) is 8.11. The maximum absolute atomic E-state index is 5.77. The molecule has 170 valence electrons. The van der Waals surface area contributed by atoms with Crippen molar-refractivity contribution < 1.29 is 9.15 Å². The van der Waals surface area contributed by atoms with E-state index < -0.39 is 0 Å². The quantitative estimate of drug-likeness (QED) is 0.449. The fourth-order valence-corrected chi connectivity index (χ4v) is 4.49. The van der Waals surface area contributed by atoms with E-state index in [1.165, 1.54) is 45.2 Å². The first-order valence-electron chi connectivity index (χ1n) is 11.8. The summed E-state index contributed by atoms with van der Waals surface area (Å²) in [5, 5.41) is 7.02. The molecule has 3 heterocycles. The highest BCUT2D eigenvalue weighted by molar-refractivity contribution is 5.79. The number of nitrogens with one attached hydrogen (secondary N) is 2. The third-order valence-corrected chi connectivity index (χ3v) is 6.35. The third kappa shape index (κ3) is 7.29. The minimum absolute atomic E-state index is 0.222. The highest BCUT2D eigenvalue weighted by Crippen LogP contribution is 2.25. The van der Waals surface area contributed by atoms with Gasteiger partial charge in [-0.15, -0.1) is 0 Å². The first kappa shape index (κ1) is 23.1. The fraction of sp³-hybridized carbons (Fsp3) is 0.783. The summed E-state index contributed by atoms with van der Waals surface area (Å²) in [5.41, 5.74) is 0. The number of nitrogens with zero attached hydrogens (tertiary/aromatic N) is 3. The zero-order valence-corrected chi connectivity index (χ0v) is 18.9. The van der Waals surface area contributed by atoms with Crippen LogP contribution in [-0.2, 0) is 4.74 Å². The number of rotatable bonds is 10. The molecule has 3 rings (SSSR count). The van der Waals surface area contributed by atoms with Gasteiger partial charge in [0.1, 0.15) is 5.76 Å². The number of guanidine groups is 1. The summed E-state index contributed by atoms with van der Waals surface area (Å²) in [6, 6.07) is 4.30. The van der Waals surface area contributed by atoms with Crippen LogP contribution in [0.3, 0.4) is 0 Å².